The van der Waals surface area contributed by atoms with Gasteiger partial charge in [-0.3, -0.25) is 4.79 Å². The molecule has 3 aliphatic heterocycles. The highest BCUT2D eigenvalue weighted by molar-refractivity contribution is 8.15. The van der Waals surface area contributed by atoms with E-state index in [4.69, 9.17) is 14.2 Å². The third-order valence-corrected chi connectivity index (χ3v) is 8.22. The molecule has 1 aromatic carbocycles. The van der Waals surface area contributed by atoms with Gasteiger partial charge in [-0.15, -0.1) is 0 Å². The fraction of sp³-hybridized carbons (Fsp3) is 0.550. The van der Waals surface area contributed by atoms with E-state index in [2.05, 4.69) is 10.3 Å². The molecule has 3 heterocycles. The Bertz CT molecular complexity index is 1070. The number of amides is 2. The maximum absolute atomic E-state index is 12.4. The second-order valence-corrected chi connectivity index (χ2v) is 12.1. The van der Waals surface area contributed by atoms with E-state index >= 15 is 0 Å². The van der Waals surface area contributed by atoms with Gasteiger partial charge in [0, 0.05) is 11.8 Å². The number of hydrogen-bond acceptors (Lipinski definition) is 8. The molecule has 0 aliphatic carbocycles. The van der Waals surface area contributed by atoms with Crippen LogP contribution in [-0.4, -0.2) is 72.2 Å². The normalized spacial score (nSPS) is 24.5. The molecule has 0 bridgehead atoms. The molecule has 10 nitrogen and oxygen atoms in total. The monoisotopic (exact) mass is 483 g/mol. The van der Waals surface area contributed by atoms with Gasteiger partial charge < -0.3 is 24.4 Å². The second kappa shape index (κ2) is 8.47. The summed E-state index contributed by atoms with van der Waals surface area (Å²) in [6, 6.07) is 5.24. The molecule has 0 unspecified atom stereocenters. The van der Waals surface area contributed by atoms with Crippen molar-refractivity contribution in [3.05, 3.63) is 23.8 Å². The number of nitrogens with one attached hydrogen (secondary N) is 1. The Balaban J connectivity index is 1.48. The Morgan fingerprint density at radius 2 is 2.00 bits per heavy atom. The smallest absolute Gasteiger partial charge is 0.408 e. The van der Waals surface area contributed by atoms with Crippen LogP contribution >= 0.6 is 11.8 Å². The van der Waals surface area contributed by atoms with Crippen LogP contribution in [0.5, 0.6) is 11.5 Å². The van der Waals surface area contributed by atoms with Crippen molar-refractivity contribution in [3.8, 4) is 11.5 Å². The van der Waals surface area contributed by atoms with Gasteiger partial charge in [-0.25, -0.2) is 13.2 Å². The van der Waals surface area contributed by atoms with Gasteiger partial charge >= 0.3 is 6.09 Å². The average molecular weight is 484 g/mol. The number of benzene rings is 1. The van der Waals surface area contributed by atoms with E-state index in [0.29, 0.717) is 23.2 Å². The van der Waals surface area contributed by atoms with Crippen molar-refractivity contribution in [2.45, 2.75) is 44.2 Å². The van der Waals surface area contributed by atoms with Crippen molar-refractivity contribution < 1.29 is 32.2 Å². The van der Waals surface area contributed by atoms with E-state index in [9.17, 15) is 18.0 Å². The van der Waals surface area contributed by atoms with Gasteiger partial charge in [-0.2, -0.15) is 4.99 Å². The van der Waals surface area contributed by atoms with Crippen LogP contribution in [0, 0.1) is 0 Å². The number of hydrogen-bond donors (Lipinski definition) is 1. The lowest BCUT2D eigenvalue weighted by Crippen LogP contribution is -2.38. The minimum atomic E-state index is -3.15. The molecule has 2 atom stereocenters. The molecule has 3 aliphatic rings. The molecule has 0 saturated carbocycles. The van der Waals surface area contributed by atoms with Crippen molar-refractivity contribution in [2.75, 3.05) is 24.8 Å². The zero-order valence-electron chi connectivity index (χ0n) is 18.0. The predicted octanol–water partition coefficient (Wildman–Crippen LogP) is 1.54. The van der Waals surface area contributed by atoms with Gasteiger partial charge in [0.15, 0.2) is 26.5 Å². The molecule has 2 amide bonds. The lowest BCUT2D eigenvalue weighted by molar-refractivity contribution is -0.117. The van der Waals surface area contributed by atoms with Gasteiger partial charge in [-0.1, -0.05) is 17.8 Å². The minimum Gasteiger partial charge on any atom is -0.454 e. The summed E-state index contributed by atoms with van der Waals surface area (Å²) in [5, 5.41) is 2.65. The molecule has 174 valence electrons. The second-order valence-electron chi connectivity index (χ2n) is 8.76. The fourth-order valence-corrected chi connectivity index (χ4v) is 7.63. The van der Waals surface area contributed by atoms with E-state index in [0.717, 1.165) is 5.56 Å². The maximum atomic E-state index is 12.4. The van der Waals surface area contributed by atoms with Crippen molar-refractivity contribution in [2.24, 2.45) is 4.99 Å². The van der Waals surface area contributed by atoms with Crippen LogP contribution in [0.25, 0.3) is 0 Å². The van der Waals surface area contributed by atoms with E-state index in [1.165, 1.54) is 11.8 Å². The van der Waals surface area contributed by atoms with Gasteiger partial charge in [0.05, 0.1) is 17.5 Å². The first-order valence-electron chi connectivity index (χ1n) is 10.1. The zero-order valence-corrected chi connectivity index (χ0v) is 19.6. The summed E-state index contributed by atoms with van der Waals surface area (Å²) in [5.41, 5.74) is 0.205. The number of aliphatic imine (C=N–C) groups is 1. The molecule has 0 radical (unpaired) electrons. The molecule has 32 heavy (non-hydrogen) atoms. The number of carbonyl (C=O) groups excluding carboxylic acids is 2. The lowest BCUT2D eigenvalue weighted by atomic mass is 10.1. The summed E-state index contributed by atoms with van der Waals surface area (Å²) in [4.78, 5) is 30.2. The van der Waals surface area contributed by atoms with Crippen LogP contribution < -0.4 is 14.8 Å². The summed E-state index contributed by atoms with van der Waals surface area (Å²) < 4.78 is 40.2. The first-order chi connectivity index (χ1) is 15.0. The fourth-order valence-electron chi connectivity index (χ4n) is 3.66. The number of alkyl carbamates (subject to hydrolysis) is 1. The van der Waals surface area contributed by atoms with Crippen LogP contribution in [0.15, 0.2) is 23.2 Å². The van der Waals surface area contributed by atoms with Crippen LogP contribution in [-0.2, 0) is 25.9 Å². The van der Waals surface area contributed by atoms with Crippen molar-refractivity contribution in [3.63, 3.8) is 0 Å². The summed E-state index contributed by atoms with van der Waals surface area (Å²) in [6.45, 7) is 5.39. The molecule has 2 fully saturated rings. The lowest BCUT2D eigenvalue weighted by Gasteiger charge is -2.24. The van der Waals surface area contributed by atoms with Gasteiger partial charge in [-0.05, 0) is 38.5 Å². The summed E-state index contributed by atoms with van der Waals surface area (Å²) in [5.74, 6) is 0.795. The highest BCUT2D eigenvalue weighted by Crippen LogP contribution is 2.40. The van der Waals surface area contributed by atoms with Crippen molar-refractivity contribution in [1.29, 1.82) is 0 Å². The number of ether oxygens (including phenoxy) is 3. The molecule has 2 saturated heterocycles. The standard InChI is InChI=1S/C20H25N3O7S2/c1-20(2,3)30-19(25)21-7-17(24)22-18-23(13-9-32(26,27)10-16(13)31-18)8-12-4-5-14-15(6-12)29-11-28-14/h4-6,13,16H,7-11H2,1-3H3,(H,21,25)/t13-,16-/m0/s1. The van der Waals surface area contributed by atoms with Crippen molar-refractivity contribution in [1.82, 2.24) is 10.2 Å². The molecular weight excluding hydrogens is 458 g/mol. The third-order valence-electron chi connectivity index (χ3n) is 4.97. The number of sulfone groups is 1. The van der Waals surface area contributed by atoms with Crippen LogP contribution in [0.3, 0.4) is 0 Å². The first-order valence-corrected chi connectivity index (χ1v) is 12.8. The Labute approximate surface area is 190 Å². The Morgan fingerprint density at radius 1 is 1.25 bits per heavy atom. The number of thioether (sulfide) groups is 1. The summed E-state index contributed by atoms with van der Waals surface area (Å²) in [7, 11) is -3.15. The third kappa shape index (κ3) is 5.29. The topological polar surface area (TPSA) is 124 Å². The highest BCUT2D eigenvalue weighted by Gasteiger charge is 2.48. The summed E-state index contributed by atoms with van der Waals surface area (Å²) >= 11 is 1.28. The molecule has 1 N–H and O–H groups in total. The Morgan fingerprint density at radius 3 is 2.75 bits per heavy atom. The quantitative estimate of drug-likeness (QED) is 0.679. The summed E-state index contributed by atoms with van der Waals surface area (Å²) in [6.07, 6.45) is -0.703. The molecule has 4 rings (SSSR count). The Hall–Kier alpha value is -2.47. The molecule has 12 heteroatoms. The van der Waals surface area contributed by atoms with Gasteiger partial charge in [0.2, 0.25) is 6.79 Å². The zero-order chi connectivity index (χ0) is 23.1. The number of amidine groups is 1. The van der Waals surface area contributed by atoms with E-state index in [1.807, 2.05) is 17.0 Å². The molecule has 0 aromatic heterocycles. The highest BCUT2D eigenvalue weighted by atomic mass is 32.2. The predicted molar refractivity (Wildman–Crippen MR) is 119 cm³/mol. The van der Waals surface area contributed by atoms with E-state index < -0.39 is 27.4 Å². The number of fused-ring (bicyclic) bond motifs is 2. The molecule has 1 aromatic rings. The SMILES string of the molecule is CC(C)(C)OC(=O)NCC(=O)N=C1S[C@H]2CS(=O)(=O)C[C@@H]2N1Cc1ccc2c(c1)OCO2. The first kappa shape index (κ1) is 22.7. The van der Waals surface area contributed by atoms with E-state index in [-0.39, 0.29) is 36.1 Å². The number of nitrogens with zero attached hydrogens (tertiary/aromatic N) is 2. The minimum absolute atomic E-state index is 0.0125. The molecule has 0 spiro atoms. The van der Waals surface area contributed by atoms with Crippen LogP contribution in [0.2, 0.25) is 0 Å². The average Bonchev–Trinajstić information content (AvgIpc) is 3.32. The van der Waals surface area contributed by atoms with Gasteiger partial charge in [0.25, 0.3) is 5.91 Å². The largest absolute Gasteiger partial charge is 0.454 e. The van der Waals surface area contributed by atoms with Crippen LogP contribution in [0.4, 0.5) is 4.79 Å². The maximum Gasteiger partial charge on any atom is 0.408 e. The number of carbonyl (C=O) groups is 2. The molecular formula is C20H25N3O7S2. The van der Waals surface area contributed by atoms with E-state index in [1.54, 1.807) is 26.8 Å². The Kier molecular flexibility index (Phi) is 6.01. The van der Waals surface area contributed by atoms with Crippen LogP contribution in [0.1, 0.15) is 26.3 Å². The van der Waals surface area contributed by atoms with Crippen molar-refractivity contribution >= 4 is 38.8 Å². The number of rotatable bonds is 4. The van der Waals surface area contributed by atoms with Gasteiger partial charge in [0.1, 0.15) is 12.1 Å².